The van der Waals surface area contributed by atoms with Gasteiger partial charge in [-0.1, -0.05) is 30.4 Å². The fraction of sp³-hybridized carbons (Fsp3) is 0.154. The minimum atomic E-state index is 0.261. The summed E-state index contributed by atoms with van der Waals surface area (Å²) in [6.07, 6.45) is 0. The van der Waals surface area contributed by atoms with Crippen molar-refractivity contribution in [1.29, 1.82) is 0 Å². The normalized spacial score (nSPS) is 10.1. The molecule has 0 atom stereocenters. The number of thiocarbonyl (C=S) groups is 1. The van der Waals surface area contributed by atoms with Crippen LogP contribution >= 0.6 is 12.2 Å². The first-order valence-corrected chi connectivity index (χ1v) is 5.87. The highest BCUT2D eigenvalue weighted by Crippen LogP contribution is 2.25. The maximum absolute atomic E-state index is 5.72. The number of ether oxygens (including phenoxy) is 1. The number of aromatic nitrogens is 2. The van der Waals surface area contributed by atoms with E-state index in [-0.39, 0.29) is 4.99 Å². The molecule has 0 amide bonds. The first kappa shape index (κ1) is 12.4. The van der Waals surface area contributed by atoms with Crippen molar-refractivity contribution in [1.82, 2.24) is 10.2 Å². The van der Waals surface area contributed by atoms with Gasteiger partial charge in [-0.3, -0.25) is 0 Å². The lowest BCUT2D eigenvalue weighted by Gasteiger charge is -2.11. The van der Waals surface area contributed by atoms with Gasteiger partial charge in [-0.05, 0) is 31.5 Å². The molecule has 0 spiro atoms. The second-order valence-corrected chi connectivity index (χ2v) is 4.31. The largest absolute Gasteiger partial charge is 0.437 e. The maximum atomic E-state index is 5.72. The van der Waals surface area contributed by atoms with Gasteiger partial charge in [-0.15, -0.1) is 5.10 Å². The van der Waals surface area contributed by atoms with E-state index >= 15 is 0 Å². The maximum Gasteiger partial charge on any atom is 0.249 e. The number of benzene rings is 1. The molecule has 2 N–H and O–H groups in total. The number of nitrogens with zero attached hydrogens (tertiary/aromatic N) is 2. The molecule has 18 heavy (non-hydrogen) atoms. The SMILES string of the molecule is Cc1nnc(Oc2ccccc2)c(C(N)=S)c1C. The molecule has 0 unspecified atom stereocenters. The van der Waals surface area contributed by atoms with Gasteiger partial charge in [-0.2, -0.15) is 5.10 Å². The van der Waals surface area contributed by atoms with Gasteiger partial charge in [0.25, 0.3) is 0 Å². The Morgan fingerprint density at radius 1 is 1.17 bits per heavy atom. The van der Waals surface area contributed by atoms with E-state index in [4.69, 9.17) is 22.7 Å². The van der Waals surface area contributed by atoms with Crippen molar-refractivity contribution >= 4 is 17.2 Å². The second-order valence-electron chi connectivity index (χ2n) is 3.87. The Morgan fingerprint density at radius 3 is 2.44 bits per heavy atom. The fourth-order valence-electron chi connectivity index (χ4n) is 1.55. The minimum Gasteiger partial charge on any atom is -0.437 e. The molecular formula is C13H13N3OS. The second kappa shape index (κ2) is 5.10. The van der Waals surface area contributed by atoms with Crippen LogP contribution in [0.15, 0.2) is 30.3 Å². The Labute approximate surface area is 111 Å². The summed E-state index contributed by atoms with van der Waals surface area (Å²) >= 11 is 5.04. The molecule has 0 aliphatic heterocycles. The molecule has 5 heteroatoms. The Hall–Kier alpha value is -2.01. The molecule has 1 aromatic carbocycles. The van der Waals surface area contributed by atoms with Crippen LogP contribution in [0.2, 0.25) is 0 Å². The number of para-hydroxylation sites is 1. The Morgan fingerprint density at radius 2 is 1.83 bits per heavy atom. The summed E-state index contributed by atoms with van der Waals surface area (Å²) in [5.74, 6) is 1.02. The van der Waals surface area contributed by atoms with Gasteiger partial charge in [0.05, 0.1) is 11.3 Å². The first-order valence-electron chi connectivity index (χ1n) is 5.46. The van der Waals surface area contributed by atoms with Crippen LogP contribution in [0.25, 0.3) is 0 Å². The lowest BCUT2D eigenvalue weighted by molar-refractivity contribution is 0.452. The number of nitrogens with two attached hydrogens (primary N) is 1. The number of aryl methyl sites for hydroxylation is 1. The summed E-state index contributed by atoms with van der Waals surface area (Å²) in [6.45, 7) is 3.76. The zero-order valence-electron chi connectivity index (χ0n) is 10.2. The van der Waals surface area contributed by atoms with E-state index in [9.17, 15) is 0 Å². The van der Waals surface area contributed by atoms with Crippen molar-refractivity contribution in [2.75, 3.05) is 0 Å². The van der Waals surface area contributed by atoms with Crippen molar-refractivity contribution < 1.29 is 4.74 Å². The Kier molecular flexibility index (Phi) is 3.53. The third-order valence-electron chi connectivity index (χ3n) is 2.63. The van der Waals surface area contributed by atoms with Gasteiger partial charge in [-0.25, -0.2) is 0 Å². The molecule has 0 saturated heterocycles. The third-order valence-corrected chi connectivity index (χ3v) is 2.83. The molecule has 0 bridgehead atoms. The molecule has 1 aromatic heterocycles. The summed E-state index contributed by atoms with van der Waals surface area (Å²) in [4.78, 5) is 0.261. The lowest BCUT2D eigenvalue weighted by Crippen LogP contribution is -2.15. The number of hydrogen-bond donors (Lipinski definition) is 1. The quantitative estimate of drug-likeness (QED) is 0.858. The monoisotopic (exact) mass is 259 g/mol. The van der Waals surface area contributed by atoms with E-state index in [2.05, 4.69) is 10.2 Å². The predicted molar refractivity (Wildman–Crippen MR) is 73.9 cm³/mol. The van der Waals surface area contributed by atoms with Crippen LogP contribution in [0.1, 0.15) is 16.8 Å². The van der Waals surface area contributed by atoms with Crippen molar-refractivity contribution in [3.8, 4) is 11.6 Å². The molecule has 2 rings (SSSR count). The summed E-state index contributed by atoms with van der Waals surface area (Å²) in [5, 5.41) is 8.04. The van der Waals surface area contributed by atoms with Crippen molar-refractivity contribution in [2.24, 2.45) is 5.73 Å². The first-order chi connectivity index (χ1) is 8.59. The molecule has 2 aromatic rings. The van der Waals surface area contributed by atoms with Crippen LogP contribution in [-0.4, -0.2) is 15.2 Å². The molecule has 92 valence electrons. The highest BCUT2D eigenvalue weighted by atomic mass is 32.1. The topological polar surface area (TPSA) is 61.0 Å². The minimum absolute atomic E-state index is 0.261. The van der Waals surface area contributed by atoms with Gasteiger partial charge >= 0.3 is 0 Å². The van der Waals surface area contributed by atoms with Crippen LogP contribution in [-0.2, 0) is 0 Å². The summed E-state index contributed by atoms with van der Waals surface area (Å²) in [6, 6.07) is 9.34. The smallest absolute Gasteiger partial charge is 0.249 e. The van der Waals surface area contributed by atoms with E-state index in [1.54, 1.807) is 0 Å². The lowest BCUT2D eigenvalue weighted by atomic mass is 10.1. The van der Waals surface area contributed by atoms with E-state index < -0.39 is 0 Å². The van der Waals surface area contributed by atoms with Gasteiger partial charge in [0, 0.05) is 0 Å². The number of hydrogen-bond acceptors (Lipinski definition) is 4. The van der Waals surface area contributed by atoms with E-state index in [1.807, 2.05) is 44.2 Å². The fourth-order valence-corrected chi connectivity index (χ4v) is 1.79. The zero-order chi connectivity index (χ0) is 13.1. The predicted octanol–water partition coefficient (Wildman–Crippen LogP) is 2.52. The Bertz CT molecular complexity index is 584. The van der Waals surface area contributed by atoms with Crippen LogP contribution in [0.4, 0.5) is 0 Å². The average Bonchev–Trinajstić information content (AvgIpc) is 2.35. The zero-order valence-corrected chi connectivity index (χ0v) is 11.0. The van der Waals surface area contributed by atoms with Crippen molar-refractivity contribution in [2.45, 2.75) is 13.8 Å². The number of rotatable bonds is 3. The van der Waals surface area contributed by atoms with E-state index in [0.717, 1.165) is 11.3 Å². The average molecular weight is 259 g/mol. The van der Waals surface area contributed by atoms with Crippen molar-refractivity contribution in [3.05, 3.63) is 47.2 Å². The molecule has 0 saturated carbocycles. The molecule has 0 aliphatic rings. The third kappa shape index (κ3) is 2.46. The standard InChI is InChI=1S/C13H13N3OS/c1-8-9(2)15-16-13(11(8)12(14)18)17-10-6-4-3-5-7-10/h3-7H,1-2H3,(H2,14,18). The van der Waals surface area contributed by atoms with Crippen molar-refractivity contribution in [3.63, 3.8) is 0 Å². The van der Waals surface area contributed by atoms with Crippen LogP contribution in [0.5, 0.6) is 11.6 Å². The van der Waals surface area contributed by atoms with Gasteiger partial charge < -0.3 is 10.5 Å². The molecule has 1 heterocycles. The van der Waals surface area contributed by atoms with Gasteiger partial charge in [0.15, 0.2) is 0 Å². The summed E-state index contributed by atoms with van der Waals surface area (Å²) in [7, 11) is 0. The van der Waals surface area contributed by atoms with E-state index in [1.165, 1.54) is 0 Å². The van der Waals surface area contributed by atoms with Crippen LogP contribution in [0.3, 0.4) is 0 Å². The Balaban J connectivity index is 2.45. The summed E-state index contributed by atoms with van der Waals surface area (Å²) < 4.78 is 5.67. The molecular weight excluding hydrogens is 246 g/mol. The van der Waals surface area contributed by atoms with Gasteiger partial charge in [0.1, 0.15) is 10.7 Å². The highest BCUT2D eigenvalue weighted by molar-refractivity contribution is 7.80. The molecule has 0 fully saturated rings. The molecule has 0 aliphatic carbocycles. The van der Waals surface area contributed by atoms with E-state index in [0.29, 0.717) is 17.2 Å². The van der Waals surface area contributed by atoms with Crippen LogP contribution < -0.4 is 10.5 Å². The molecule has 4 nitrogen and oxygen atoms in total. The summed E-state index contributed by atoms with van der Waals surface area (Å²) in [5.41, 5.74) is 8.04. The van der Waals surface area contributed by atoms with Gasteiger partial charge in [0.2, 0.25) is 5.88 Å². The molecule has 0 radical (unpaired) electrons. The van der Waals surface area contributed by atoms with Crippen LogP contribution in [0, 0.1) is 13.8 Å². The highest BCUT2D eigenvalue weighted by Gasteiger charge is 2.15.